The van der Waals surface area contributed by atoms with Crippen LogP contribution in [-0.4, -0.2) is 51.2 Å². The van der Waals surface area contributed by atoms with Crippen LogP contribution in [0.15, 0.2) is 47.6 Å². The van der Waals surface area contributed by atoms with Crippen molar-refractivity contribution in [1.82, 2.24) is 24.5 Å². The van der Waals surface area contributed by atoms with Crippen LogP contribution < -0.4 is 4.74 Å². The quantitative estimate of drug-likeness (QED) is 0.287. The van der Waals surface area contributed by atoms with Crippen LogP contribution in [0, 0.1) is 0 Å². The highest BCUT2D eigenvalue weighted by Crippen LogP contribution is 2.34. The summed E-state index contributed by atoms with van der Waals surface area (Å²) in [6, 6.07) is 5.65. The third kappa shape index (κ3) is 5.12. The highest BCUT2D eigenvalue weighted by atomic mass is 32.2. The van der Waals surface area contributed by atoms with Crippen LogP contribution in [0.2, 0.25) is 0 Å². The van der Waals surface area contributed by atoms with E-state index in [1.165, 1.54) is 31.3 Å². The van der Waals surface area contributed by atoms with Crippen LogP contribution in [0.25, 0.3) is 33.8 Å². The summed E-state index contributed by atoms with van der Waals surface area (Å²) in [5, 5.41) is 0. The number of benzene rings is 1. The summed E-state index contributed by atoms with van der Waals surface area (Å²) in [5.41, 5.74) is -0.121. The molecule has 0 fully saturated rings. The molecule has 3 aromatic heterocycles. The Morgan fingerprint density at radius 1 is 0.974 bits per heavy atom. The van der Waals surface area contributed by atoms with Gasteiger partial charge in [0, 0.05) is 18.8 Å². The Bertz CT molecular complexity index is 1600. The second-order valence-electron chi connectivity index (χ2n) is 7.86. The summed E-state index contributed by atoms with van der Waals surface area (Å²) < 4.78 is 121. The maximum absolute atomic E-state index is 13.2. The van der Waals surface area contributed by atoms with Crippen LogP contribution >= 0.6 is 0 Å². The second-order valence-corrected chi connectivity index (χ2v) is 10.1. The van der Waals surface area contributed by atoms with Crippen molar-refractivity contribution in [2.45, 2.75) is 30.5 Å². The summed E-state index contributed by atoms with van der Waals surface area (Å²) >= 11 is 0. The highest BCUT2D eigenvalue weighted by Gasteiger charge is 2.44. The van der Waals surface area contributed by atoms with Crippen LogP contribution in [0.4, 0.5) is 30.7 Å². The Labute approximate surface area is 210 Å². The zero-order valence-electron chi connectivity index (χ0n) is 19.3. The number of sulfone groups is 1. The van der Waals surface area contributed by atoms with Gasteiger partial charge in [-0.2, -0.15) is 30.7 Å². The van der Waals surface area contributed by atoms with Crippen molar-refractivity contribution in [1.29, 1.82) is 0 Å². The Morgan fingerprint density at radius 2 is 1.63 bits per heavy atom. The van der Waals surface area contributed by atoms with Crippen molar-refractivity contribution in [3.8, 4) is 28.4 Å². The van der Waals surface area contributed by atoms with E-state index in [9.17, 15) is 39.2 Å². The third-order valence-electron chi connectivity index (χ3n) is 5.34. The molecule has 0 atom stereocenters. The maximum atomic E-state index is 13.2. The van der Waals surface area contributed by atoms with Gasteiger partial charge >= 0.3 is 18.7 Å². The molecule has 1 aromatic carbocycles. The first kappa shape index (κ1) is 27.2. The molecule has 3 heterocycles. The Hall–Kier alpha value is -3.82. The predicted molar refractivity (Wildman–Crippen MR) is 119 cm³/mol. The summed E-state index contributed by atoms with van der Waals surface area (Å²) in [5.74, 6) is -2.42. The monoisotopic (exact) mass is 563 g/mol. The number of imidazole rings is 1. The summed E-state index contributed by atoms with van der Waals surface area (Å²) in [7, 11) is -2.89. The molecule has 0 aliphatic heterocycles. The van der Waals surface area contributed by atoms with Crippen molar-refractivity contribution in [3.63, 3.8) is 0 Å². The number of pyridine rings is 1. The Balaban J connectivity index is 1.78. The van der Waals surface area contributed by atoms with Gasteiger partial charge in [0.2, 0.25) is 5.82 Å². The lowest BCUT2D eigenvalue weighted by atomic mass is 10.1. The minimum Gasteiger partial charge on any atom is -0.428 e. The molecule has 0 aliphatic rings. The van der Waals surface area contributed by atoms with Gasteiger partial charge in [0.25, 0.3) is 0 Å². The molecular weight excluding hydrogens is 547 g/mol. The number of alkyl halides is 7. The lowest BCUT2D eigenvalue weighted by Crippen LogP contribution is -2.33. The smallest absolute Gasteiger partial charge is 0.428 e. The van der Waals surface area contributed by atoms with Gasteiger partial charge in [0.15, 0.2) is 21.3 Å². The first-order valence-corrected chi connectivity index (χ1v) is 12.2. The molecule has 0 unspecified atom stereocenters. The Kier molecular flexibility index (Phi) is 6.80. The summed E-state index contributed by atoms with van der Waals surface area (Å²) in [4.78, 5) is 15.3. The lowest BCUT2D eigenvalue weighted by Gasteiger charge is -2.17. The first-order valence-electron chi connectivity index (χ1n) is 10.6. The zero-order valence-corrected chi connectivity index (χ0v) is 20.2. The fourth-order valence-corrected chi connectivity index (χ4v) is 4.49. The van der Waals surface area contributed by atoms with E-state index in [0.717, 1.165) is 25.4 Å². The number of aryl methyl sites for hydroxylation is 1. The van der Waals surface area contributed by atoms with Crippen molar-refractivity contribution in [2.24, 2.45) is 7.05 Å². The number of ether oxygens (including phenoxy) is 1. The van der Waals surface area contributed by atoms with Gasteiger partial charge in [-0.3, -0.25) is 4.98 Å². The normalized spacial score (nSPS) is 12.9. The van der Waals surface area contributed by atoms with Crippen molar-refractivity contribution in [2.75, 3.05) is 5.75 Å². The van der Waals surface area contributed by atoms with Gasteiger partial charge in [-0.15, -0.1) is 0 Å². The van der Waals surface area contributed by atoms with E-state index in [4.69, 9.17) is 0 Å². The van der Waals surface area contributed by atoms with Crippen LogP contribution in [0.5, 0.6) is 5.75 Å². The molecule has 202 valence electrons. The van der Waals surface area contributed by atoms with Crippen molar-refractivity contribution in [3.05, 3.63) is 48.5 Å². The average Bonchev–Trinajstić information content (AvgIpc) is 3.20. The molecule has 0 saturated heterocycles. The van der Waals surface area contributed by atoms with Gasteiger partial charge in [-0.05, 0) is 23.8 Å². The molecule has 0 saturated carbocycles. The molecular formula is C22H16F7N5O3S. The third-order valence-corrected chi connectivity index (χ3v) is 7.08. The molecule has 0 aliphatic carbocycles. The summed E-state index contributed by atoms with van der Waals surface area (Å²) in [6.07, 6.45) is -11.3. The molecule has 0 bridgehead atoms. The fourth-order valence-electron chi connectivity index (χ4n) is 3.43. The molecule has 0 amide bonds. The van der Waals surface area contributed by atoms with E-state index in [1.807, 2.05) is 0 Å². The topological polar surface area (TPSA) is 99.9 Å². The molecule has 4 aromatic rings. The number of nitrogens with zero attached hydrogens (tertiary/aromatic N) is 5. The van der Waals surface area contributed by atoms with E-state index >= 15 is 0 Å². The molecule has 0 N–H and O–H groups in total. The minimum atomic E-state index is -4.76. The van der Waals surface area contributed by atoms with Crippen LogP contribution in [0.3, 0.4) is 0 Å². The number of halogens is 7. The molecule has 4 rings (SSSR count). The Morgan fingerprint density at radius 3 is 2.21 bits per heavy atom. The number of hydrogen-bond acceptors (Lipinski definition) is 7. The van der Waals surface area contributed by atoms with Gasteiger partial charge in [0.1, 0.15) is 17.0 Å². The van der Waals surface area contributed by atoms with E-state index in [1.54, 1.807) is 0 Å². The second kappa shape index (κ2) is 9.49. The average molecular weight is 563 g/mol. The molecule has 16 heteroatoms. The largest absolute Gasteiger partial charge is 0.461 e. The van der Waals surface area contributed by atoms with E-state index in [2.05, 4.69) is 24.7 Å². The highest BCUT2D eigenvalue weighted by molar-refractivity contribution is 7.91. The molecule has 8 nitrogen and oxygen atoms in total. The van der Waals surface area contributed by atoms with Gasteiger partial charge in [-0.1, -0.05) is 19.1 Å². The number of fused-ring (bicyclic) bond motifs is 1. The van der Waals surface area contributed by atoms with E-state index in [0.29, 0.717) is 4.57 Å². The summed E-state index contributed by atoms with van der Waals surface area (Å²) in [6.45, 7) is 1.36. The lowest BCUT2D eigenvalue weighted by molar-refractivity contribution is -0.253. The molecule has 0 spiro atoms. The van der Waals surface area contributed by atoms with Crippen LogP contribution in [-0.2, 0) is 23.1 Å². The van der Waals surface area contributed by atoms with Gasteiger partial charge in [-0.25, -0.2) is 23.4 Å². The first-order chi connectivity index (χ1) is 17.6. The number of hydrogen-bond donors (Lipinski definition) is 0. The van der Waals surface area contributed by atoms with Gasteiger partial charge in [0.05, 0.1) is 16.8 Å². The fraction of sp³-hybridized carbons (Fsp3) is 0.273. The van der Waals surface area contributed by atoms with E-state index < -0.39 is 40.1 Å². The maximum Gasteiger partial charge on any atom is 0.461 e. The molecule has 0 radical (unpaired) electrons. The SMILES string of the molecule is CCS(=O)(=O)c1cc(-c2ccc(OC(F)(F)C(F)F)cc2)cnc1-c1ncc2nc(C(F)(F)F)n(C)c2n1. The van der Waals surface area contributed by atoms with Crippen LogP contribution in [0.1, 0.15) is 12.7 Å². The van der Waals surface area contributed by atoms with Crippen molar-refractivity contribution >= 4 is 21.0 Å². The number of rotatable bonds is 7. The predicted octanol–water partition coefficient (Wildman–Crippen LogP) is 5.14. The van der Waals surface area contributed by atoms with E-state index in [-0.39, 0.29) is 44.5 Å². The zero-order chi connectivity index (χ0) is 28.0. The molecule has 38 heavy (non-hydrogen) atoms. The minimum absolute atomic E-state index is 0.167. The van der Waals surface area contributed by atoms with Crippen molar-refractivity contribution < 1.29 is 43.9 Å². The number of aromatic nitrogens is 5. The standard InChI is InChI=1S/C22H16F7N5O3S/c1-3-38(35,36)15-8-12(11-4-6-13(7-5-11)37-22(28,29)19(23)24)9-30-16(15)17-31-10-14-18(33-17)34(2)20(32-14)21(25,26)27/h4-10,19H,3H2,1-2H3. The van der Waals surface area contributed by atoms with Gasteiger partial charge < -0.3 is 9.30 Å².